The van der Waals surface area contributed by atoms with E-state index in [2.05, 4.69) is 0 Å². The van der Waals surface area contributed by atoms with E-state index in [1.54, 1.807) is 19.3 Å². The van der Waals surface area contributed by atoms with E-state index in [0.29, 0.717) is 16.0 Å². The Morgan fingerprint density at radius 2 is 1.91 bits per heavy atom. The summed E-state index contributed by atoms with van der Waals surface area (Å²) in [6, 6.07) is 15.0. The van der Waals surface area contributed by atoms with Crippen molar-refractivity contribution in [1.82, 2.24) is 0 Å². The number of carbonyl (C=O) groups is 1. The quantitative estimate of drug-likeness (QED) is 0.569. The smallest absolute Gasteiger partial charge is 0.199 e. The number of rotatable bonds is 4. The molecule has 2 aromatic carbocycles. The summed E-state index contributed by atoms with van der Waals surface area (Å²) in [5, 5.41) is 10.9. The maximum Gasteiger partial charge on any atom is 0.199 e. The molecule has 22 heavy (non-hydrogen) atoms. The van der Waals surface area contributed by atoms with Crippen molar-refractivity contribution in [2.24, 2.45) is 0 Å². The lowest BCUT2D eigenvalue weighted by molar-refractivity contribution is 0.104. The van der Waals surface area contributed by atoms with Gasteiger partial charge in [-0.2, -0.15) is 0 Å². The van der Waals surface area contributed by atoms with Crippen LogP contribution in [0.4, 0.5) is 0 Å². The van der Waals surface area contributed by atoms with Gasteiger partial charge in [0, 0.05) is 4.70 Å². The molecule has 4 heteroatoms. The molecule has 0 aliphatic carbocycles. The lowest BCUT2D eigenvalue weighted by Crippen LogP contribution is -1.90. The minimum absolute atomic E-state index is 0.0137. The van der Waals surface area contributed by atoms with E-state index < -0.39 is 0 Å². The number of aromatic hydroxyl groups is 1. The van der Waals surface area contributed by atoms with Crippen molar-refractivity contribution in [2.75, 3.05) is 7.11 Å². The predicted octanol–water partition coefficient (Wildman–Crippen LogP) is 4.51. The van der Waals surface area contributed by atoms with Crippen LogP contribution in [-0.4, -0.2) is 18.0 Å². The van der Waals surface area contributed by atoms with Crippen LogP contribution in [0.3, 0.4) is 0 Å². The number of thiophene rings is 1. The number of benzene rings is 2. The van der Waals surface area contributed by atoms with Crippen LogP contribution in [0, 0.1) is 0 Å². The van der Waals surface area contributed by atoms with Gasteiger partial charge in [0.1, 0.15) is 16.4 Å². The van der Waals surface area contributed by atoms with Gasteiger partial charge in [-0.15, -0.1) is 11.3 Å². The Labute approximate surface area is 132 Å². The lowest BCUT2D eigenvalue weighted by Gasteiger charge is -2.01. The second kappa shape index (κ2) is 6.03. The van der Waals surface area contributed by atoms with Crippen LogP contribution in [0.2, 0.25) is 0 Å². The largest absolute Gasteiger partial charge is 0.505 e. The zero-order valence-corrected chi connectivity index (χ0v) is 12.8. The lowest BCUT2D eigenvalue weighted by atomic mass is 10.1. The summed E-state index contributed by atoms with van der Waals surface area (Å²) in [5.41, 5.74) is 0.939. The van der Waals surface area contributed by atoms with E-state index in [9.17, 15) is 9.90 Å². The summed E-state index contributed by atoms with van der Waals surface area (Å²) in [7, 11) is 1.54. The highest BCUT2D eigenvalue weighted by Crippen LogP contribution is 2.42. The molecule has 3 aromatic rings. The van der Waals surface area contributed by atoms with E-state index in [4.69, 9.17) is 4.74 Å². The average molecular weight is 310 g/mol. The molecule has 0 unspecified atom stereocenters. The number of carbonyl (C=O) groups excluding carboxylic acids is 1. The number of hydrogen-bond donors (Lipinski definition) is 1. The minimum Gasteiger partial charge on any atom is -0.505 e. The van der Waals surface area contributed by atoms with Gasteiger partial charge in [0.25, 0.3) is 0 Å². The van der Waals surface area contributed by atoms with Gasteiger partial charge < -0.3 is 9.84 Å². The fourth-order valence-corrected chi connectivity index (χ4v) is 3.28. The van der Waals surface area contributed by atoms with Gasteiger partial charge in [-0.05, 0) is 23.8 Å². The number of methoxy groups -OCH3 is 1. The molecule has 0 radical (unpaired) electrons. The van der Waals surface area contributed by atoms with Crippen LogP contribution in [-0.2, 0) is 0 Å². The molecule has 0 fully saturated rings. The van der Waals surface area contributed by atoms with Crippen LogP contribution >= 0.6 is 11.3 Å². The normalized spacial score (nSPS) is 11.1. The molecule has 0 saturated heterocycles. The monoisotopic (exact) mass is 310 g/mol. The molecule has 1 heterocycles. The standard InChI is InChI=1S/C18H14O3S/c1-21-14-8-5-9-15-16(14)17(20)18(22-15)13(19)11-10-12-6-3-2-4-7-12/h2-11,20H,1H3/b11-10+. The molecule has 0 bridgehead atoms. The predicted molar refractivity (Wildman–Crippen MR) is 89.8 cm³/mol. The molecule has 0 atom stereocenters. The summed E-state index contributed by atoms with van der Waals surface area (Å²) >= 11 is 1.27. The third-order valence-corrected chi connectivity index (χ3v) is 4.48. The summed E-state index contributed by atoms with van der Waals surface area (Å²) in [5.74, 6) is 0.335. The van der Waals surface area contributed by atoms with Gasteiger partial charge in [-0.25, -0.2) is 0 Å². The molecule has 1 N–H and O–H groups in total. The fraction of sp³-hybridized carbons (Fsp3) is 0.0556. The molecule has 110 valence electrons. The van der Waals surface area contributed by atoms with Crippen molar-refractivity contribution >= 4 is 33.3 Å². The molecule has 3 nitrogen and oxygen atoms in total. The Morgan fingerprint density at radius 3 is 2.64 bits per heavy atom. The van der Waals surface area contributed by atoms with E-state index in [1.807, 2.05) is 42.5 Å². The van der Waals surface area contributed by atoms with Gasteiger partial charge in [-0.3, -0.25) is 4.79 Å². The summed E-state index contributed by atoms with van der Waals surface area (Å²) in [6.45, 7) is 0. The summed E-state index contributed by atoms with van der Waals surface area (Å²) in [4.78, 5) is 12.7. The zero-order chi connectivity index (χ0) is 15.5. The van der Waals surface area contributed by atoms with E-state index in [-0.39, 0.29) is 11.5 Å². The topological polar surface area (TPSA) is 46.5 Å². The molecular formula is C18H14O3S. The van der Waals surface area contributed by atoms with Crippen LogP contribution in [0.1, 0.15) is 15.2 Å². The number of ketones is 1. The van der Waals surface area contributed by atoms with Crippen molar-refractivity contribution in [3.05, 3.63) is 65.0 Å². The average Bonchev–Trinajstić information content (AvgIpc) is 2.91. The molecule has 3 rings (SSSR count). The maximum absolute atomic E-state index is 12.3. The first kappa shape index (κ1) is 14.4. The number of hydrogen-bond acceptors (Lipinski definition) is 4. The highest BCUT2D eigenvalue weighted by molar-refractivity contribution is 7.21. The number of allylic oxidation sites excluding steroid dienone is 1. The number of fused-ring (bicyclic) bond motifs is 1. The van der Waals surface area contributed by atoms with Gasteiger partial charge in [0.2, 0.25) is 0 Å². The Bertz CT molecular complexity index is 847. The van der Waals surface area contributed by atoms with E-state index in [0.717, 1.165) is 10.3 Å². The first-order chi connectivity index (χ1) is 10.7. The van der Waals surface area contributed by atoms with Crippen LogP contribution < -0.4 is 4.74 Å². The maximum atomic E-state index is 12.3. The summed E-state index contributed by atoms with van der Waals surface area (Å²) in [6.07, 6.45) is 3.22. The highest BCUT2D eigenvalue weighted by Gasteiger charge is 2.18. The van der Waals surface area contributed by atoms with E-state index in [1.165, 1.54) is 17.4 Å². The van der Waals surface area contributed by atoms with Crippen molar-refractivity contribution < 1.29 is 14.6 Å². The highest BCUT2D eigenvalue weighted by atomic mass is 32.1. The molecule has 0 aliphatic heterocycles. The fourth-order valence-electron chi connectivity index (χ4n) is 2.25. The van der Waals surface area contributed by atoms with Crippen LogP contribution in [0.25, 0.3) is 16.2 Å². The van der Waals surface area contributed by atoms with Gasteiger partial charge in [0.05, 0.1) is 12.5 Å². The second-order valence-corrected chi connectivity index (χ2v) is 5.77. The van der Waals surface area contributed by atoms with Gasteiger partial charge >= 0.3 is 0 Å². The zero-order valence-electron chi connectivity index (χ0n) is 11.9. The molecule has 0 spiro atoms. The second-order valence-electron chi connectivity index (χ2n) is 4.72. The first-order valence-electron chi connectivity index (χ1n) is 6.76. The Hall–Kier alpha value is -2.59. The van der Waals surface area contributed by atoms with Gasteiger partial charge in [-0.1, -0.05) is 42.5 Å². The Morgan fingerprint density at radius 1 is 1.14 bits per heavy atom. The van der Waals surface area contributed by atoms with Crippen LogP contribution in [0.15, 0.2) is 54.6 Å². The molecule has 0 aliphatic rings. The van der Waals surface area contributed by atoms with Crippen molar-refractivity contribution in [1.29, 1.82) is 0 Å². The third kappa shape index (κ3) is 2.61. The summed E-state index contributed by atoms with van der Waals surface area (Å²) < 4.78 is 6.08. The molecular weight excluding hydrogens is 296 g/mol. The first-order valence-corrected chi connectivity index (χ1v) is 7.58. The molecule has 0 saturated carbocycles. The molecule has 0 amide bonds. The van der Waals surface area contributed by atoms with Crippen LogP contribution in [0.5, 0.6) is 11.5 Å². The number of ether oxygens (including phenoxy) is 1. The van der Waals surface area contributed by atoms with Crippen molar-refractivity contribution in [3.8, 4) is 11.5 Å². The Balaban J connectivity index is 1.98. The SMILES string of the molecule is COc1cccc2sc(C(=O)/C=C/c3ccccc3)c(O)c12. The minimum atomic E-state index is -0.218. The third-order valence-electron chi connectivity index (χ3n) is 3.32. The Kier molecular flexibility index (Phi) is 3.94. The van der Waals surface area contributed by atoms with Crippen molar-refractivity contribution in [3.63, 3.8) is 0 Å². The molecule has 1 aromatic heterocycles. The van der Waals surface area contributed by atoms with E-state index >= 15 is 0 Å². The van der Waals surface area contributed by atoms with Gasteiger partial charge in [0.15, 0.2) is 5.78 Å². The van der Waals surface area contributed by atoms with Crippen molar-refractivity contribution in [2.45, 2.75) is 0 Å².